The van der Waals surface area contributed by atoms with Crippen LogP contribution in [0, 0.1) is 0 Å². The molecule has 2 heterocycles. The second-order valence-electron chi connectivity index (χ2n) is 4.94. The van der Waals surface area contributed by atoms with E-state index in [9.17, 15) is 5.11 Å². The molecule has 1 aromatic rings. The van der Waals surface area contributed by atoms with Gasteiger partial charge < -0.3 is 14.9 Å². The molecule has 1 aliphatic heterocycles. The number of pyridine rings is 1. The van der Waals surface area contributed by atoms with Gasteiger partial charge in [0.15, 0.2) is 0 Å². The van der Waals surface area contributed by atoms with Crippen molar-refractivity contribution in [1.29, 1.82) is 0 Å². The summed E-state index contributed by atoms with van der Waals surface area (Å²) < 4.78 is 0. The fraction of sp³-hybridized carbons (Fsp3) is 0.615. The minimum absolute atomic E-state index is 0.461. The average molecular weight is 235 g/mol. The van der Waals surface area contributed by atoms with E-state index < -0.39 is 6.10 Å². The molecule has 0 saturated carbocycles. The van der Waals surface area contributed by atoms with E-state index in [1.54, 1.807) is 13.1 Å². The fourth-order valence-corrected chi connectivity index (χ4v) is 2.36. The number of aliphatic hydroxyl groups is 1. The third-order valence-electron chi connectivity index (χ3n) is 3.46. The minimum atomic E-state index is -0.461. The Morgan fingerprint density at radius 1 is 1.53 bits per heavy atom. The molecule has 4 heteroatoms. The zero-order valence-electron chi connectivity index (χ0n) is 10.8. The van der Waals surface area contributed by atoms with Crippen LogP contribution in [0.2, 0.25) is 0 Å². The normalized spacial score (nSPS) is 22.2. The summed E-state index contributed by atoms with van der Waals surface area (Å²) in [6, 6.07) is 4.42. The Labute approximate surface area is 103 Å². The molecule has 0 amide bonds. The molecule has 1 aromatic heterocycles. The van der Waals surface area contributed by atoms with E-state index in [-0.39, 0.29) is 0 Å². The maximum atomic E-state index is 9.76. The van der Waals surface area contributed by atoms with Gasteiger partial charge in [-0.05, 0) is 33.5 Å². The molecular weight excluding hydrogens is 214 g/mol. The Morgan fingerprint density at radius 3 is 2.88 bits per heavy atom. The van der Waals surface area contributed by atoms with Gasteiger partial charge in [-0.25, -0.2) is 4.98 Å². The lowest BCUT2D eigenvalue weighted by Gasteiger charge is -2.23. The molecule has 0 radical (unpaired) electrons. The van der Waals surface area contributed by atoms with Gasteiger partial charge in [-0.1, -0.05) is 6.07 Å². The van der Waals surface area contributed by atoms with Crippen molar-refractivity contribution in [2.45, 2.75) is 25.5 Å². The molecule has 0 aliphatic carbocycles. The maximum Gasteiger partial charge on any atom is 0.134 e. The monoisotopic (exact) mass is 235 g/mol. The first kappa shape index (κ1) is 12.3. The summed E-state index contributed by atoms with van der Waals surface area (Å²) in [5, 5.41) is 9.76. The Balaban J connectivity index is 2.18. The van der Waals surface area contributed by atoms with Crippen LogP contribution in [-0.4, -0.2) is 48.2 Å². The predicted molar refractivity (Wildman–Crippen MR) is 69.2 cm³/mol. The average Bonchev–Trinajstić information content (AvgIpc) is 2.78. The summed E-state index contributed by atoms with van der Waals surface area (Å²) in [6.07, 6.45) is 2.49. The van der Waals surface area contributed by atoms with Gasteiger partial charge in [-0.3, -0.25) is 0 Å². The number of aromatic nitrogens is 1. The Hall–Kier alpha value is -1.13. The molecule has 1 N–H and O–H groups in total. The first-order valence-corrected chi connectivity index (χ1v) is 6.14. The van der Waals surface area contributed by atoms with E-state index in [0.717, 1.165) is 30.9 Å². The zero-order chi connectivity index (χ0) is 12.4. The summed E-state index contributed by atoms with van der Waals surface area (Å²) >= 11 is 0. The molecule has 0 spiro atoms. The van der Waals surface area contributed by atoms with Crippen molar-refractivity contribution >= 4 is 5.82 Å². The quantitative estimate of drug-likeness (QED) is 0.856. The van der Waals surface area contributed by atoms with Gasteiger partial charge in [0.25, 0.3) is 0 Å². The number of aliphatic hydroxyl groups excluding tert-OH is 1. The molecule has 1 saturated heterocycles. The van der Waals surface area contributed by atoms with E-state index in [4.69, 9.17) is 0 Å². The second-order valence-corrected chi connectivity index (χ2v) is 4.94. The van der Waals surface area contributed by atoms with Crippen molar-refractivity contribution in [1.82, 2.24) is 9.88 Å². The highest BCUT2D eigenvalue weighted by molar-refractivity contribution is 5.48. The Bertz CT molecular complexity index is 379. The summed E-state index contributed by atoms with van der Waals surface area (Å²) in [6.45, 7) is 3.79. The highest BCUT2D eigenvalue weighted by Gasteiger charge is 2.26. The zero-order valence-corrected chi connectivity index (χ0v) is 10.8. The molecule has 0 bridgehead atoms. The first-order valence-electron chi connectivity index (χ1n) is 6.14. The van der Waals surface area contributed by atoms with E-state index >= 15 is 0 Å². The number of anilines is 1. The number of hydrogen-bond acceptors (Lipinski definition) is 4. The van der Waals surface area contributed by atoms with Gasteiger partial charge in [0.05, 0.1) is 6.10 Å². The lowest BCUT2D eigenvalue weighted by molar-refractivity contribution is 0.199. The Kier molecular flexibility index (Phi) is 3.64. The maximum absolute atomic E-state index is 9.76. The third-order valence-corrected chi connectivity index (χ3v) is 3.46. The molecule has 2 rings (SSSR count). The topological polar surface area (TPSA) is 39.6 Å². The smallest absolute Gasteiger partial charge is 0.134 e. The van der Waals surface area contributed by atoms with Crippen LogP contribution < -0.4 is 4.90 Å². The van der Waals surface area contributed by atoms with Crippen LogP contribution in [0.1, 0.15) is 25.0 Å². The van der Waals surface area contributed by atoms with Gasteiger partial charge in [0.1, 0.15) is 5.82 Å². The lowest BCUT2D eigenvalue weighted by Crippen LogP contribution is -2.32. The van der Waals surface area contributed by atoms with E-state index in [1.165, 1.54) is 0 Å². The SMILES string of the molecule is CC(O)c1cccnc1N1CCC(N(C)C)C1. The molecular formula is C13H21N3O. The first-order chi connectivity index (χ1) is 8.09. The van der Waals surface area contributed by atoms with Crippen LogP contribution in [0.5, 0.6) is 0 Å². The van der Waals surface area contributed by atoms with Crippen LogP contribution >= 0.6 is 0 Å². The van der Waals surface area contributed by atoms with Gasteiger partial charge in [-0.2, -0.15) is 0 Å². The van der Waals surface area contributed by atoms with E-state index in [2.05, 4.69) is 28.9 Å². The largest absolute Gasteiger partial charge is 0.389 e. The van der Waals surface area contributed by atoms with Crippen molar-refractivity contribution in [2.75, 3.05) is 32.1 Å². The van der Waals surface area contributed by atoms with Gasteiger partial charge in [-0.15, -0.1) is 0 Å². The number of hydrogen-bond donors (Lipinski definition) is 1. The van der Waals surface area contributed by atoms with Crippen LogP contribution in [0.15, 0.2) is 18.3 Å². The number of nitrogens with zero attached hydrogens (tertiary/aromatic N) is 3. The van der Waals surface area contributed by atoms with Gasteiger partial charge in [0.2, 0.25) is 0 Å². The summed E-state index contributed by atoms with van der Waals surface area (Å²) in [4.78, 5) is 8.95. The highest BCUT2D eigenvalue weighted by Crippen LogP contribution is 2.27. The minimum Gasteiger partial charge on any atom is -0.389 e. The molecule has 2 atom stereocenters. The molecule has 0 aromatic carbocycles. The van der Waals surface area contributed by atoms with Crippen molar-refractivity contribution in [3.63, 3.8) is 0 Å². The summed E-state index contributed by atoms with van der Waals surface area (Å²) in [7, 11) is 4.23. The predicted octanol–water partition coefficient (Wildman–Crippen LogP) is 1.28. The van der Waals surface area contributed by atoms with Crippen LogP contribution in [-0.2, 0) is 0 Å². The van der Waals surface area contributed by atoms with E-state index in [1.807, 2.05) is 12.1 Å². The molecule has 2 unspecified atom stereocenters. The fourth-order valence-electron chi connectivity index (χ4n) is 2.36. The van der Waals surface area contributed by atoms with Crippen molar-refractivity contribution in [3.8, 4) is 0 Å². The third kappa shape index (κ3) is 2.58. The Morgan fingerprint density at radius 2 is 2.29 bits per heavy atom. The molecule has 1 aliphatic rings. The molecule has 17 heavy (non-hydrogen) atoms. The molecule has 1 fully saturated rings. The second kappa shape index (κ2) is 5.02. The number of likely N-dealkylation sites (N-methyl/N-ethyl adjacent to an activating group) is 1. The standard InChI is InChI=1S/C13H21N3O/c1-10(17)12-5-4-7-14-13(12)16-8-6-11(9-16)15(2)3/h4-5,7,10-11,17H,6,8-9H2,1-3H3. The summed E-state index contributed by atoms with van der Waals surface area (Å²) in [5.74, 6) is 0.937. The summed E-state index contributed by atoms with van der Waals surface area (Å²) in [5.41, 5.74) is 0.923. The van der Waals surface area contributed by atoms with Crippen LogP contribution in [0.4, 0.5) is 5.82 Å². The van der Waals surface area contributed by atoms with Crippen LogP contribution in [0.3, 0.4) is 0 Å². The van der Waals surface area contributed by atoms with Gasteiger partial charge in [0, 0.05) is 30.9 Å². The lowest BCUT2D eigenvalue weighted by atomic mass is 10.1. The highest BCUT2D eigenvalue weighted by atomic mass is 16.3. The van der Waals surface area contributed by atoms with Crippen LogP contribution in [0.25, 0.3) is 0 Å². The molecule has 4 nitrogen and oxygen atoms in total. The van der Waals surface area contributed by atoms with E-state index in [0.29, 0.717) is 6.04 Å². The van der Waals surface area contributed by atoms with Crippen molar-refractivity contribution < 1.29 is 5.11 Å². The van der Waals surface area contributed by atoms with Gasteiger partial charge >= 0.3 is 0 Å². The number of rotatable bonds is 3. The molecule has 94 valence electrons. The van der Waals surface area contributed by atoms with Crippen molar-refractivity contribution in [2.24, 2.45) is 0 Å². The van der Waals surface area contributed by atoms with Crippen molar-refractivity contribution in [3.05, 3.63) is 23.9 Å².